The Balaban J connectivity index is 1.97. The van der Waals surface area contributed by atoms with Gasteiger partial charge >= 0.3 is 0 Å². The average molecular weight is 248 g/mol. The Hall–Kier alpha value is -1.36. The van der Waals surface area contributed by atoms with E-state index in [9.17, 15) is 4.79 Å². The van der Waals surface area contributed by atoms with Gasteiger partial charge in [0.15, 0.2) is 0 Å². The lowest BCUT2D eigenvalue weighted by atomic mass is 9.88. The summed E-state index contributed by atoms with van der Waals surface area (Å²) < 4.78 is 2.02. The molecule has 98 valence electrons. The van der Waals surface area contributed by atoms with Gasteiger partial charge in [0.2, 0.25) is 5.91 Å². The van der Waals surface area contributed by atoms with Crippen LogP contribution < -0.4 is 5.73 Å². The van der Waals surface area contributed by atoms with Crippen LogP contribution in [0, 0.1) is 5.92 Å². The number of nitrogens with two attached hydrogens (primary N) is 1. The van der Waals surface area contributed by atoms with Crippen molar-refractivity contribution in [2.24, 2.45) is 18.7 Å². The second-order valence-electron chi connectivity index (χ2n) is 5.41. The fourth-order valence-corrected chi connectivity index (χ4v) is 3.01. The summed E-state index contributed by atoms with van der Waals surface area (Å²) in [5.74, 6) is 1.59. The van der Waals surface area contributed by atoms with E-state index < -0.39 is 0 Å². The number of carbonyl (C=O) groups excluding carboxylic acids is 1. The monoisotopic (exact) mass is 248 g/mol. The molecule has 18 heavy (non-hydrogen) atoms. The first-order valence-corrected chi connectivity index (χ1v) is 6.71. The maximum Gasteiger partial charge on any atom is 0.223 e. The lowest BCUT2D eigenvalue weighted by molar-refractivity contribution is -0.140. The van der Waals surface area contributed by atoms with E-state index in [0.29, 0.717) is 24.9 Å². The van der Waals surface area contributed by atoms with Crippen LogP contribution in [0.25, 0.3) is 0 Å². The first-order chi connectivity index (χ1) is 8.72. The molecule has 2 fully saturated rings. The fourth-order valence-electron chi connectivity index (χ4n) is 3.01. The number of hydrogen-bond donors (Lipinski definition) is 1. The van der Waals surface area contributed by atoms with Crippen LogP contribution in [0.2, 0.25) is 0 Å². The van der Waals surface area contributed by atoms with Gasteiger partial charge in [0.05, 0.1) is 6.04 Å². The molecule has 3 rings (SSSR count). The summed E-state index contributed by atoms with van der Waals surface area (Å²) in [6.45, 7) is 0.619. The normalized spacial score (nSPS) is 28.8. The van der Waals surface area contributed by atoms with E-state index in [4.69, 9.17) is 5.73 Å². The maximum absolute atomic E-state index is 12.2. The molecule has 2 aliphatic rings. The van der Waals surface area contributed by atoms with Crippen LogP contribution in [-0.4, -0.2) is 32.9 Å². The molecule has 5 heteroatoms. The minimum atomic E-state index is 0.0729. The van der Waals surface area contributed by atoms with Gasteiger partial charge in [0, 0.05) is 31.9 Å². The van der Waals surface area contributed by atoms with Crippen molar-refractivity contribution in [1.29, 1.82) is 0 Å². The van der Waals surface area contributed by atoms with Crippen LogP contribution in [0.15, 0.2) is 12.4 Å². The molecule has 1 aliphatic heterocycles. The molecular formula is C13H20N4O. The average Bonchev–Trinajstić information content (AvgIpc) is 3.11. The number of hydrogen-bond acceptors (Lipinski definition) is 3. The first-order valence-electron chi connectivity index (χ1n) is 6.71. The van der Waals surface area contributed by atoms with E-state index in [0.717, 1.165) is 25.1 Å². The zero-order valence-electron chi connectivity index (χ0n) is 10.7. The van der Waals surface area contributed by atoms with E-state index in [1.165, 1.54) is 0 Å². The molecule has 5 nitrogen and oxygen atoms in total. The van der Waals surface area contributed by atoms with Gasteiger partial charge in [-0.2, -0.15) is 0 Å². The van der Waals surface area contributed by atoms with Gasteiger partial charge in [0.1, 0.15) is 5.82 Å². The van der Waals surface area contributed by atoms with Gasteiger partial charge < -0.3 is 15.2 Å². The number of likely N-dealkylation sites (tertiary alicyclic amines) is 1. The molecule has 2 unspecified atom stereocenters. The zero-order valence-corrected chi connectivity index (χ0v) is 10.7. The van der Waals surface area contributed by atoms with Crippen LogP contribution in [-0.2, 0) is 11.8 Å². The second-order valence-corrected chi connectivity index (χ2v) is 5.41. The zero-order chi connectivity index (χ0) is 12.7. The van der Waals surface area contributed by atoms with Crippen molar-refractivity contribution in [3.8, 4) is 0 Å². The third-order valence-electron chi connectivity index (χ3n) is 4.13. The Labute approximate surface area is 107 Å². The molecule has 2 heterocycles. The number of piperidine rings is 1. The summed E-state index contributed by atoms with van der Waals surface area (Å²) in [5.41, 5.74) is 5.90. The quantitative estimate of drug-likeness (QED) is 0.861. The topological polar surface area (TPSA) is 64.2 Å². The van der Waals surface area contributed by atoms with Crippen molar-refractivity contribution >= 4 is 5.91 Å². The number of rotatable bonds is 3. The Morgan fingerprint density at radius 1 is 1.44 bits per heavy atom. The highest BCUT2D eigenvalue weighted by molar-refractivity contribution is 5.78. The van der Waals surface area contributed by atoms with Crippen LogP contribution in [0.3, 0.4) is 0 Å². The van der Waals surface area contributed by atoms with Crippen LogP contribution in [0.4, 0.5) is 0 Å². The van der Waals surface area contributed by atoms with Crippen LogP contribution in [0.5, 0.6) is 0 Å². The van der Waals surface area contributed by atoms with Crippen molar-refractivity contribution < 1.29 is 4.79 Å². The summed E-state index contributed by atoms with van der Waals surface area (Å²) in [6.07, 6.45) is 7.52. The Bertz CT molecular complexity index is 452. The SMILES string of the molecule is Cn1ccnc1C1C(CN)CCC(=O)N1C1CC1. The van der Waals surface area contributed by atoms with Gasteiger partial charge in [0.25, 0.3) is 0 Å². The largest absolute Gasteiger partial charge is 0.336 e. The van der Waals surface area contributed by atoms with Gasteiger partial charge in [-0.05, 0) is 31.7 Å². The van der Waals surface area contributed by atoms with Gasteiger partial charge in [-0.3, -0.25) is 4.79 Å². The standard InChI is InChI=1S/C13H20N4O/c1-16-7-6-15-13(16)12-9(8-14)2-5-11(18)17(12)10-3-4-10/h6-7,9-10,12H,2-5,8,14H2,1H3. The molecule has 2 N–H and O–H groups in total. The maximum atomic E-state index is 12.2. The van der Waals surface area contributed by atoms with E-state index in [1.807, 2.05) is 17.8 Å². The van der Waals surface area contributed by atoms with Crippen molar-refractivity contribution in [2.45, 2.75) is 37.8 Å². The number of amides is 1. The van der Waals surface area contributed by atoms with Crippen molar-refractivity contribution in [3.05, 3.63) is 18.2 Å². The molecule has 1 aromatic heterocycles. The lowest BCUT2D eigenvalue weighted by Crippen LogP contribution is -2.47. The minimum absolute atomic E-state index is 0.0729. The fraction of sp³-hybridized carbons (Fsp3) is 0.692. The molecule has 1 saturated carbocycles. The summed E-state index contributed by atoms with van der Waals surface area (Å²) in [5, 5.41) is 0. The Kier molecular flexibility index (Phi) is 2.86. The summed E-state index contributed by atoms with van der Waals surface area (Å²) in [6, 6.07) is 0.497. The summed E-state index contributed by atoms with van der Waals surface area (Å²) in [7, 11) is 1.99. The Morgan fingerprint density at radius 2 is 2.22 bits per heavy atom. The lowest BCUT2D eigenvalue weighted by Gasteiger charge is -2.40. The van der Waals surface area contributed by atoms with Crippen molar-refractivity contribution in [1.82, 2.24) is 14.5 Å². The third-order valence-corrected chi connectivity index (χ3v) is 4.13. The third kappa shape index (κ3) is 1.82. The van der Waals surface area contributed by atoms with Crippen molar-refractivity contribution in [2.75, 3.05) is 6.54 Å². The highest BCUT2D eigenvalue weighted by atomic mass is 16.2. The number of aryl methyl sites for hydroxylation is 1. The minimum Gasteiger partial charge on any atom is -0.336 e. The molecule has 0 spiro atoms. The molecule has 0 bridgehead atoms. The molecule has 0 radical (unpaired) electrons. The molecule has 1 saturated heterocycles. The van der Waals surface area contributed by atoms with Crippen LogP contribution in [0.1, 0.15) is 37.5 Å². The highest BCUT2D eigenvalue weighted by Crippen LogP contribution is 2.42. The summed E-state index contributed by atoms with van der Waals surface area (Å²) >= 11 is 0. The summed E-state index contributed by atoms with van der Waals surface area (Å²) in [4.78, 5) is 18.7. The van der Waals surface area contributed by atoms with Crippen molar-refractivity contribution in [3.63, 3.8) is 0 Å². The highest BCUT2D eigenvalue weighted by Gasteiger charge is 2.45. The molecule has 1 aliphatic carbocycles. The number of carbonyl (C=O) groups is 1. The molecule has 0 aromatic carbocycles. The number of imidazole rings is 1. The first kappa shape index (κ1) is 11.7. The van der Waals surface area contributed by atoms with Gasteiger partial charge in [-0.1, -0.05) is 0 Å². The number of nitrogens with zero attached hydrogens (tertiary/aromatic N) is 3. The second kappa shape index (κ2) is 4.39. The van der Waals surface area contributed by atoms with Gasteiger partial charge in [-0.15, -0.1) is 0 Å². The molecule has 2 atom stereocenters. The predicted molar refractivity (Wildman–Crippen MR) is 67.6 cm³/mol. The van der Waals surface area contributed by atoms with E-state index in [1.54, 1.807) is 6.20 Å². The Morgan fingerprint density at radius 3 is 2.78 bits per heavy atom. The van der Waals surface area contributed by atoms with Gasteiger partial charge in [-0.25, -0.2) is 4.98 Å². The molecule has 1 amide bonds. The molecular weight excluding hydrogens is 228 g/mol. The van der Waals surface area contributed by atoms with E-state index in [-0.39, 0.29) is 11.9 Å². The smallest absolute Gasteiger partial charge is 0.223 e. The van der Waals surface area contributed by atoms with E-state index >= 15 is 0 Å². The predicted octanol–water partition coefficient (Wildman–Crippen LogP) is 0.821. The van der Waals surface area contributed by atoms with E-state index in [2.05, 4.69) is 9.88 Å². The van der Waals surface area contributed by atoms with Crippen LogP contribution >= 0.6 is 0 Å². The number of aromatic nitrogens is 2. The molecule has 1 aromatic rings.